The van der Waals surface area contributed by atoms with Crippen molar-refractivity contribution in [3.8, 4) is 11.5 Å². The number of ether oxygens (including phenoxy) is 2. The Kier molecular flexibility index (Phi) is 8.69. The molecular formula is C24H21Cl2N3O4. The maximum absolute atomic E-state index is 12.0. The summed E-state index contributed by atoms with van der Waals surface area (Å²) >= 11 is 11.9. The molecule has 0 fully saturated rings. The normalized spacial score (nSPS) is 10.6. The summed E-state index contributed by atoms with van der Waals surface area (Å²) in [5.41, 5.74) is 4.42. The minimum absolute atomic E-state index is 0.211. The van der Waals surface area contributed by atoms with Gasteiger partial charge in [-0.1, -0.05) is 41.4 Å². The molecular weight excluding hydrogens is 465 g/mol. The average molecular weight is 486 g/mol. The molecule has 0 aliphatic carbocycles. The summed E-state index contributed by atoms with van der Waals surface area (Å²) in [7, 11) is 1.62. The number of amides is 2. The second-order valence-electron chi connectivity index (χ2n) is 6.83. The van der Waals surface area contributed by atoms with Gasteiger partial charge in [-0.05, 0) is 59.7 Å². The van der Waals surface area contributed by atoms with Gasteiger partial charge in [0.15, 0.2) is 0 Å². The molecule has 3 rings (SSSR count). The third-order valence-corrected chi connectivity index (χ3v) is 5.21. The van der Waals surface area contributed by atoms with Gasteiger partial charge in [0.2, 0.25) is 11.8 Å². The van der Waals surface area contributed by atoms with Gasteiger partial charge in [-0.2, -0.15) is 5.10 Å². The number of rotatable bonds is 9. The lowest BCUT2D eigenvalue weighted by Crippen LogP contribution is -2.24. The molecule has 0 aliphatic rings. The molecule has 0 unspecified atom stereocenters. The number of hydrogen-bond acceptors (Lipinski definition) is 5. The van der Waals surface area contributed by atoms with Gasteiger partial charge < -0.3 is 14.8 Å². The number of anilines is 1. The van der Waals surface area contributed by atoms with Crippen LogP contribution in [0.3, 0.4) is 0 Å². The Hall–Kier alpha value is -3.55. The van der Waals surface area contributed by atoms with Gasteiger partial charge in [-0.3, -0.25) is 9.59 Å². The van der Waals surface area contributed by atoms with Crippen LogP contribution in [0.15, 0.2) is 71.8 Å². The Balaban J connectivity index is 1.43. The predicted molar refractivity (Wildman–Crippen MR) is 129 cm³/mol. The van der Waals surface area contributed by atoms with Crippen LogP contribution in [0.25, 0.3) is 0 Å². The lowest BCUT2D eigenvalue weighted by molar-refractivity contribution is -0.126. The molecule has 170 valence electrons. The van der Waals surface area contributed by atoms with Crippen LogP contribution < -0.4 is 20.2 Å². The van der Waals surface area contributed by atoms with E-state index >= 15 is 0 Å². The lowest BCUT2D eigenvalue weighted by atomic mass is 10.2. The third-order valence-electron chi connectivity index (χ3n) is 4.39. The van der Waals surface area contributed by atoms with E-state index in [1.165, 1.54) is 6.21 Å². The molecule has 0 saturated heterocycles. The molecule has 3 aromatic rings. The van der Waals surface area contributed by atoms with Crippen molar-refractivity contribution in [2.75, 3.05) is 12.4 Å². The van der Waals surface area contributed by atoms with E-state index in [2.05, 4.69) is 15.8 Å². The van der Waals surface area contributed by atoms with Crippen LogP contribution in [0.2, 0.25) is 10.0 Å². The lowest BCUT2D eigenvalue weighted by Gasteiger charge is -2.08. The van der Waals surface area contributed by atoms with Crippen molar-refractivity contribution in [2.24, 2.45) is 5.10 Å². The first kappa shape index (κ1) is 24.1. The van der Waals surface area contributed by atoms with Gasteiger partial charge in [0.25, 0.3) is 0 Å². The van der Waals surface area contributed by atoms with Crippen LogP contribution in [0.1, 0.15) is 17.5 Å². The number of hydrazone groups is 1. The Labute approximate surface area is 201 Å². The van der Waals surface area contributed by atoms with Crippen LogP contribution in [0.4, 0.5) is 5.69 Å². The summed E-state index contributed by atoms with van der Waals surface area (Å²) < 4.78 is 10.9. The first-order valence-electron chi connectivity index (χ1n) is 9.86. The minimum atomic E-state index is -0.568. The maximum atomic E-state index is 12.0. The van der Waals surface area contributed by atoms with Gasteiger partial charge in [0.1, 0.15) is 24.5 Å². The number of nitrogens with zero attached hydrogens (tertiary/aromatic N) is 1. The zero-order valence-electron chi connectivity index (χ0n) is 17.7. The number of carbonyl (C=O) groups is 2. The Morgan fingerprint density at radius 1 is 0.939 bits per heavy atom. The molecule has 0 spiro atoms. The monoisotopic (exact) mass is 485 g/mol. The quantitative estimate of drug-likeness (QED) is 0.251. The summed E-state index contributed by atoms with van der Waals surface area (Å²) in [5.74, 6) is 0.385. The van der Waals surface area contributed by atoms with Crippen molar-refractivity contribution in [2.45, 2.75) is 13.0 Å². The highest BCUT2D eigenvalue weighted by Gasteiger charge is 2.12. The van der Waals surface area contributed by atoms with Crippen LogP contribution >= 0.6 is 23.2 Å². The first-order valence-corrected chi connectivity index (χ1v) is 10.6. The van der Waals surface area contributed by atoms with E-state index in [-0.39, 0.29) is 5.02 Å². The molecule has 0 atom stereocenters. The zero-order valence-corrected chi connectivity index (χ0v) is 19.2. The molecule has 0 heterocycles. The van der Waals surface area contributed by atoms with E-state index in [1.807, 2.05) is 24.3 Å². The largest absolute Gasteiger partial charge is 0.497 e. The molecule has 7 nitrogen and oxygen atoms in total. The maximum Gasteiger partial charge on any atom is 0.249 e. The van der Waals surface area contributed by atoms with E-state index in [0.717, 1.165) is 16.9 Å². The van der Waals surface area contributed by atoms with E-state index < -0.39 is 18.2 Å². The topological polar surface area (TPSA) is 89.0 Å². The Morgan fingerprint density at radius 3 is 2.33 bits per heavy atom. The number of halogens is 2. The van der Waals surface area contributed by atoms with Crippen LogP contribution in [-0.4, -0.2) is 25.1 Å². The van der Waals surface area contributed by atoms with Crippen LogP contribution in [0.5, 0.6) is 11.5 Å². The fraction of sp³-hybridized carbons (Fsp3) is 0.125. The molecule has 0 radical (unpaired) electrons. The van der Waals surface area contributed by atoms with Crippen molar-refractivity contribution in [1.82, 2.24) is 5.43 Å². The fourth-order valence-corrected chi connectivity index (χ4v) is 3.05. The van der Waals surface area contributed by atoms with Gasteiger partial charge in [-0.15, -0.1) is 0 Å². The van der Waals surface area contributed by atoms with Gasteiger partial charge in [0.05, 0.1) is 29.1 Å². The summed E-state index contributed by atoms with van der Waals surface area (Å²) in [6.45, 7) is 0.427. The van der Waals surface area contributed by atoms with Crippen molar-refractivity contribution < 1.29 is 19.1 Å². The summed E-state index contributed by atoms with van der Waals surface area (Å²) in [6, 6.07) is 19.7. The van der Waals surface area contributed by atoms with Gasteiger partial charge >= 0.3 is 0 Å². The highest BCUT2D eigenvalue weighted by Crippen LogP contribution is 2.29. The second-order valence-corrected chi connectivity index (χ2v) is 7.61. The van der Waals surface area contributed by atoms with Crippen molar-refractivity contribution in [3.05, 3.63) is 87.9 Å². The summed E-state index contributed by atoms with van der Waals surface area (Å²) in [4.78, 5) is 23.9. The smallest absolute Gasteiger partial charge is 0.249 e. The Bertz CT molecular complexity index is 1130. The molecule has 0 bridgehead atoms. The summed E-state index contributed by atoms with van der Waals surface area (Å²) in [5, 5.41) is 6.92. The highest BCUT2D eigenvalue weighted by molar-refractivity contribution is 6.44. The average Bonchev–Trinajstić information content (AvgIpc) is 2.82. The third kappa shape index (κ3) is 7.52. The van der Waals surface area contributed by atoms with Crippen molar-refractivity contribution in [1.29, 1.82) is 0 Å². The molecule has 33 heavy (non-hydrogen) atoms. The van der Waals surface area contributed by atoms with E-state index in [1.54, 1.807) is 49.6 Å². The number of carbonyl (C=O) groups excluding carboxylic acids is 2. The van der Waals surface area contributed by atoms with E-state index in [9.17, 15) is 9.59 Å². The van der Waals surface area contributed by atoms with E-state index in [0.29, 0.717) is 23.1 Å². The molecule has 0 aromatic heterocycles. The number of benzene rings is 3. The van der Waals surface area contributed by atoms with E-state index in [4.69, 9.17) is 32.7 Å². The zero-order chi connectivity index (χ0) is 23.6. The van der Waals surface area contributed by atoms with Crippen molar-refractivity contribution >= 4 is 46.9 Å². The van der Waals surface area contributed by atoms with Crippen LogP contribution in [-0.2, 0) is 16.2 Å². The molecule has 2 N–H and O–H groups in total. The molecule has 0 aliphatic heterocycles. The fourth-order valence-electron chi connectivity index (χ4n) is 2.70. The number of nitrogens with one attached hydrogen (secondary N) is 2. The van der Waals surface area contributed by atoms with Gasteiger partial charge in [-0.25, -0.2) is 5.43 Å². The van der Waals surface area contributed by atoms with Crippen LogP contribution in [0, 0.1) is 0 Å². The summed E-state index contributed by atoms with van der Waals surface area (Å²) in [6.07, 6.45) is 1.05. The van der Waals surface area contributed by atoms with Crippen molar-refractivity contribution in [3.63, 3.8) is 0 Å². The standard InChI is InChI=1S/C24H21Cl2N3O4/c1-32-18-9-7-17(8-10-18)15-33-19-11-5-16(6-12-19)14-27-29-23(31)13-22(30)28-21-4-2-3-20(25)24(21)26/h2-12,14H,13,15H2,1H3,(H,28,30)(H,29,31). The SMILES string of the molecule is COc1ccc(COc2ccc(C=NNC(=O)CC(=O)Nc3cccc(Cl)c3Cl)cc2)cc1. The van der Waals surface area contributed by atoms with Gasteiger partial charge in [0, 0.05) is 0 Å². The minimum Gasteiger partial charge on any atom is -0.497 e. The second kappa shape index (κ2) is 11.9. The molecule has 2 amide bonds. The Morgan fingerprint density at radius 2 is 1.64 bits per heavy atom. The predicted octanol–water partition coefficient (Wildman–Crippen LogP) is 5.06. The number of hydrogen-bond donors (Lipinski definition) is 2. The molecule has 0 saturated carbocycles. The number of methoxy groups -OCH3 is 1. The first-order chi connectivity index (χ1) is 15.9. The molecule has 3 aromatic carbocycles. The highest BCUT2D eigenvalue weighted by atomic mass is 35.5. The molecule has 9 heteroatoms.